The number of carboxylic acids is 1. The van der Waals surface area contributed by atoms with Gasteiger partial charge in [0.15, 0.2) is 0 Å². The average molecular weight is 313 g/mol. The molecular formula is C12H19N5O3S. The highest BCUT2D eigenvalue weighted by molar-refractivity contribution is 7.99. The Morgan fingerprint density at radius 3 is 3.05 bits per heavy atom. The fourth-order valence-corrected chi connectivity index (χ4v) is 3.25. The van der Waals surface area contributed by atoms with E-state index in [1.165, 1.54) is 0 Å². The van der Waals surface area contributed by atoms with Gasteiger partial charge in [0.25, 0.3) is 0 Å². The summed E-state index contributed by atoms with van der Waals surface area (Å²) < 4.78 is 1.71. The fourth-order valence-electron chi connectivity index (χ4n) is 2.18. The van der Waals surface area contributed by atoms with Gasteiger partial charge < -0.3 is 15.3 Å². The summed E-state index contributed by atoms with van der Waals surface area (Å²) in [5, 5.41) is 19.3. The molecule has 2 heterocycles. The van der Waals surface area contributed by atoms with E-state index in [0.29, 0.717) is 25.4 Å². The monoisotopic (exact) mass is 313 g/mol. The molecule has 9 heteroatoms. The van der Waals surface area contributed by atoms with E-state index in [0.717, 1.165) is 12.2 Å². The van der Waals surface area contributed by atoms with E-state index in [4.69, 9.17) is 5.11 Å². The van der Waals surface area contributed by atoms with Crippen molar-refractivity contribution in [1.29, 1.82) is 0 Å². The van der Waals surface area contributed by atoms with Gasteiger partial charge in [-0.05, 0) is 6.42 Å². The molecule has 0 saturated carbocycles. The molecule has 1 atom stereocenters. The Balaban J connectivity index is 1.73. The van der Waals surface area contributed by atoms with E-state index in [-0.39, 0.29) is 18.5 Å². The fraction of sp³-hybridized carbons (Fsp3) is 0.667. The van der Waals surface area contributed by atoms with Crippen molar-refractivity contribution < 1.29 is 14.7 Å². The maximum Gasteiger partial charge on any atom is 0.317 e. The number of hydrogen-bond donors (Lipinski definition) is 2. The molecular weight excluding hydrogens is 294 g/mol. The molecule has 0 aliphatic carbocycles. The number of carboxylic acid groups (broad SMARTS) is 1. The lowest BCUT2D eigenvalue weighted by molar-refractivity contribution is -0.137. The van der Waals surface area contributed by atoms with E-state index in [9.17, 15) is 9.59 Å². The first-order valence-corrected chi connectivity index (χ1v) is 8.00. The summed E-state index contributed by atoms with van der Waals surface area (Å²) in [6, 6.07) is -0.406. The van der Waals surface area contributed by atoms with Crippen LogP contribution in [0.4, 0.5) is 4.79 Å². The van der Waals surface area contributed by atoms with Crippen LogP contribution in [0.1, 0.15) is 12.8 Å². The lowest BCUT2D eigenvalue weighted by atomic mass is 10.2. The van der Waals surface area contributed by atoms with Crippen LogP contribution in [0.15, 0.2) is 12.4 Å². The van der Waals surface area contributed by atoms with E-state index < -0.39 is 5.97 Å². The maximum atomic E-state index is 12.1. The second-order valence-electron chi connectivity index (χ2n) is 4.77. The molecule has 2 rings (SSSR count). The standard InChI is InChI=1S/C12H19N5O3S/c18-11(19)8-10-9-21-7-6-17(10)12(20)13-2-1-4-16-5-3-14-15-16/h3,5,10H,1-2,4,6-9H2,(H,13,20)(H,18,19). The summed E-state index contributed by atoms with van der Waals surface area (Å²) >= 11 is 1.69. The van der Waals surface area contributed by atoms with Crippen molar-refractivity contribution in [3.63, 3.8) is 0 Å². The molecule has 8 nitrogen and oxygen atoms in total. The van der Waals surface area contributed by atoms with E-state index in [2.05, 4.69) is 15.6 Å². The zero-order chi connectivity index (χ0) is 15.1. The van der Waals surface area contributed by atoms with Crippen LogP contribution in [0.2, 0.25) is 0 Å². The Hall–Kier alpha value is -1.77. The number of urea groups is 1. The average Bonchev–Trinajstić information content (AvgIpc) is 2.96. The Morgan fingerprint density at radius 2 is 2.33 bits per heavy atom. The summed E-state index contributed by atoms with van der Waals surface area (Å²) in [5.74, 6) is 0.660. The van der Waals surface area contributed by atoms with Crippen LogP contribution in [-0.4, -0.2) is 67.6 Å². The van der Waals surface area contributed by atoms with Gasteiger partial charge in [-0.1, -0.05) is 5.21 Å². The molecule has 0 aromatic carbocycles. The molecule has 0 spiro atoms. The predicted octanol–water partition coefficient (Wildman–Crippen LogP) is 0.270. The lowest BCUT2D eigenvalue weighted by Crippen LogP contribution is -2.51. The van der Waals surface area contributed by atoms with Crippen molar-refractivity contribution in [2.75, 3.05) is 24.6 Å². The molecule has 1 fully saturated rings. The molecule has 1 aliphatic heterocycles. The largest absolute Gasteiger partial charge is 0.481 e. The Bertz CT molecular complexity index is 467. The molecule has 21 heavy (non-hydrogen) atoms. The Kier molecular flexibility index (Phi) is 5.85. The summed E-state index contributed by atoms with van der Waals surface area (Å²) in [5.41, 5.74) is 0. The number of nitrogens with one attached hydrogen (secondary N) is 1. The summed E-state index contributed by atoms with van der Waals surface area (Å²) in [7, 11) is 0. The highest BCUT2D eigenvalue weighted by Gasteiger charge is 2.28. The van der Waals surface area contributed by atoms with Crippen molar-refractivity contribution in [3.8, 4) is 0 Å². The van der Waals surface area contributed by atoms with Crippen LogP contribution in [0, 0.1) is 0 Å². The normalized spacial score (nSPS) is 18.5. The zero-order valence-electron chi connectivity index (χ0n) is 11.6. The highest BCUT2D eigenvalue weighted by Crippen LogP contribution is 2.19. The molecule has 0 radical (unpaired) electrons. The van der Waals surface area contributed by atoms with Crippen molar-refractivity contribution >= 4 is 23.8 Å². The van der Waals surface area contributed by atoms with Gasteiger partial charge in [0.2, 0.25) is 0 Å². The van der Waals surface area contributed by atoms with Crippen molar-refractivity contribution in [1.82, 2.24) is 25.2 Å². The first-order chi connectivity index (χ1) is 10.2. The van der Waals surface area contributed by atoms with Crippen molar-refractivity contribution in [2.24, 2.45) is 0 Å². The molecule has 1 aromatic heterocycles. The predicted molar refractivity (Wildman–Crippen MR) is 78.1 cm³/mol. The Morgan fingerprint density at radius 1 is 1.48 bits per heavy atom. The molecule has 1 aromatic rings. The first-order valence-electron chi connectivity index (χ1n) is 6.85. The molecule has 116 valence electrons. The molecule has 2 amide bonds. The summed E-state index contributed by atoms with van der Waals surface area (Å²) in [6.45, 7) is 1.81. The van der Waals surface area contributed by atoms with Gasteiger partial charge in [0, 0.05) is 37.3 Å². The van der Waals surface area contributed by atoms with Crippen LogP contribution >= 0.6 is 11.8 Å². The molecule has 1 aliphatic rings. The van der Waals surface area contributed by atoms with Gasteiger partial charge in [-0.3, -0.25) is 9.48 Å². The van der Waals surface area contributed by atoms with Crippen LogP contribution in [-0.2, 0) is 11.3 Å². The number of carbonyl (C=O) groups is 2. The number of hydrogen-bond acceptors (Lipinski definition) is 5. The second-order valence-corrected chi connectivity index (χ2v) is 5.92. The van der Waals surface area contributed by atoms with Crippen LogP contribution < -0.4 is 5.32 Å². The van der Waals surface area contributed by atoms with Crippen LogP contribution in [0.25, 0.3) is 0 Å². The molecule has 1 saturated heterocycles. The van der Waals surface area contributed by atoms with Gasteiger partial charge in [-0.25, -0.2) is 4.79 Å². The number of aromatic nitrogens is 3. The third-order valence-corrected chi connectivity index (χ3v) is 4.30. The second kappa shape index (κ2) is 7.87. The minimum atomic E-state index is -0.869. The zero-order valence-corrected chi connectivity index (χ0v) is 12.5. The summed E-state index contributed by atoms with van der Waals surface area (Å²) in [4.78, 5) is 24.6. The Labute approximate surface area is 126 Å². The van der Waals surface area contributed by atoms with Gasteiger partial charge in [-0.15, -0.1) is 5.10 Å². The topological polar surface area (TPSA) is 100 Å². The summed E-state index contributed by atoms with van der Waals surface area (Å²) in [6.07, 6.45) is 4.13. The third-order valence-electron chi connectivity index (χ3n) is 3.21. The highest BCUT2D eigenvalue weighted by atomic mass is 32.2. The first kappa shape index (κ1) is 15.6. The minimum absolute atomic E-state index is 0.000618. The SMILES string of the molecule is O=C(O)CC1CSCCN1C(=O)NCCCn1ccnn1. The van der Waals surface area contributed by atoms with Gasteiger partial charge in [0.1, 0.15) is 0 Å². The number of carbonyl (C=O) groups excluding carboxylic acids is 1. The number of aryl methyl sites for hydroxylation is 1. The quantitative estimate of drug-likeness (QED) is 0.731. The molecule has 0 bridgehead atoms. The maximum absolute atomic E-state index is 12.1. The van der Waals surface area contributed by atoms with E-state index in [1.807, 2.05) is 0 Å². The van der Waals surface area contributed by atoms with Crippen LogP contribution in [0.5, 0.6) is 0 Å². The number of thioether (sulfide) groups is 1. The molecule has 2 N–H and O–H groups in total. The van der Waals surface area contributed by atoms with Gasteiger partial charge in [0.05, 0.1) is 18.7 Å². The van der Waals surface area contributed by atoms with Crippen molar-refractivity contribution in [2.45, 2.75) is 25.4 Å². The minimum Gasteiger partial charge on any atom is -0.481 e. The van der Waals surface area contributed by atoms with E-state index >= 15 is 0 Å². The number of rotatable bonds is 6. The number of aliphatic carboxylic acids is 1. The molecule has 1 unspecified atom stereocenters. The van der Waals surface area contributed by atoms with Gasteiger partial charge in [-0.2, -0.15) is 11.8 Å². The van der Waals surface area contributed by atoms with E-state index in [1.54, 1.807) is 33.7 Å². The van der Waals surface area contributed by atoms with Gasteiger partial charge >= 0.3 is 12.0 Å². The van der Waals surface area contributed by atoms with Crippen LogP contribution in [0.3, 0.4) is 0 Å². The smallest absolute Gasteiger partial charge is 0.317 e. The number of amides is 2. The lowest BCUT2D eigenvalue weighted by Gasteiger charge is -2.34. The third kappa shape index (κ3) is 4.92. The number of nitrogens with zero attached hydrogens (tertiary/aromatic N) is 4. The van der Waals surface area contributed by atoms with Crippen molar-refractivity contribution in [3.05, 3.63) is 12.4 Å².